The van der Waals surface area contributed by atoms with Gasteiger partial charge in [-0.15, -0.1) is 5.92 Å². The highest BCUT2D eigenvalue weighted by Crippen LogP contribution is 2.05. The molecule has 1 radical (unpaired) electrons. The predicted octanol–water partition coefficient (Wildman–Crippen LogP) is 2.32. The molecule has 0 fully saturated rings. The fraction of sp³-hybridized carbons (Fsp3) is 0.182. The molecule has 1 unspecified atom stereocenters. The third-order valence-corrected chi connectivity index (χ3v) is 1.48. The second kappa shape index (κ2) is 4.46. The van der Waals surface area contributed by atoms with E-state index in [0.29, 0.717) is 0 Å². The van der Waals surface area contributed by atoms with Gasteiger partial charge in [-0.3, -0.25) is 0 Å². The summed E-state index contributed by atoms with van der Waals surface area (Å²) in [5, 5.41) is 3.23. The molecule has 1 nitrogen and oxygen atoms in total. The smallest absolute Gasteiger partial charge is 0.0848 e. The van der Waals surface area contributed by atoms with Crippen molar-refractivity contribution in [3.8, 4) is 11.8 Å². The number of hydrogen-bond acceptors (Lipinski definition) is 1. The van der Waals surface area contributed by atoms with E-state index in [9.17, 15) is 0 Å². The maximum absolute atomic E-state index is 3.47. The molecule has 1 aromatic rings. The lowest BCUT2D eigenvalue weighted by Crippen LogP contribution is -2.11. The lowest BCUT2D eigenvalue weighted by atomic mass is 10.3. The topological polar surface area (TPSA) is 12.0 Å². The minimum absolute atomic E-state index is 0.157. The van der Waals surface area contributed by atoms with Gasteiger partial charge in [-0.2, -0.15) is 0 Å². The third-order valence-electron chi connectivity index (χ3n) is 1.48. The summed E-state index contributed by atoms with van der Waals surface area (Å²) in [6.45, 7) is 5.47. The minimum atomic E-state index is 0.157. The maximum Gasteiger partial charge on any atom is 0.0848 e. The third kappa shape index (κ3) is 2.67. The summed E-state index contributed by atoms with van der Waals surface area (Å²) in [5.74, 6) is 5.55. The summed E-state index contributed by atoms with van der Waals surface area (Å²) in [6, 6.07) is 10.2. The van der Waals surface area contributed by atoms with Crippen LogP contribution in [0.3, 0.4) is 0 Å². The summed E-state index contributed by atoms with van der Waals surface area (Å²) in [7, 11) is 0. The van der Waals surface area contributed by atoms with Crippen LogP contribution in [0.25, 0.3) is 0 Å². The fourth-order valence-corrected chi connectivity index (χ4v) is 0.974. The second-order valence-electron chi connectivity index (χ2n) is 2.55. The standard InChI is InChI=1S/C11H12N/c1-3-7-10(2)12-11-8-5-4-6-9-11/h4-6,8-10,12H,1H2,2H3. The summed E-state index contributed by atoms with van der Waals surface area (Å²) in [5.41, 5.74) is 1.09. The Morgan fingerprint density at radius 3 is 2.58 bits per heavy atom. The van der Waals surface area contributed by atoms with Crippen molar-refractivity contribution in [3.05, 3.63) is 37.3 Å². The SMILES string of the molecule is [CH2]C#CC(C)Nc1ccccc1. The molecule has 0 aliphatic rings. The van der Waals surface area contributed by atoms with Crippen molar-refractivity contribution in [2.75, 3.05) is 5.32 Å². The van der Waals surface area contributed by atoms with Gasteiger partial charge in [0.05, 0.1) is 6.04 Å². The molecule has 0 spiro atoms. The van der Waals surface area contributed by atoms with E-state index in [1.165, 1.54) is 0 Å². The van der Waals surface area contributed by atoms with Crippen molar-refractivity contribution in [2.45, 2.75) is 13.0 Å². The number of rotatable bonds is 2. The number of benzene rings is 1. The average Bonchev–Trinajstić information content (AvgIpc) is 2.06. The van der Waals surface area contributed by atoms with E-state index in [1.807, 2.05) is 37.3 Å². The number of hydrogen-bond donors (Lipinski definition) is 1. The summed E-state index contributed by atoms with van der Waals surface area (Å²) >= 11 is 0. The van der Waals surface area contributed by atoms with E-state index >= 15 is 0 Å². The predicted molar refractivity (Wildman–Crippen MR) is 52.7 cm³/mol. The summed E-state index contributed by atoms with van der Waals surface area (Å²) in [4.78, 5) is 0. The van der Waals surface area contributed by atoms with Gasteiger partial charge in [0.1, 0.15) is 0 Å². The summed E-state index contributed by atoms with van der Waals surface area (Å²) in [6.07, 6.45) is 0. The van der Waals surface area contributed by atoms with Gasteiger partial charge in [-0.05, 0) is 19.1 Å². The zero-order valence-corrected chi connectivity index (χ0v) is 7.17. The van der Waals surface area contributed by atoms with Crippen molar-refractivity contribution in [1.82, 2.24) is 0 Å². The number of anilines is 1. The molecule has 1 aromatic carbocycles. The zero-order valence-electron chi connectivity index (χ0n) is 7.17. The molecule has 61 valence electrons. The molecule has 0 amide bonds. The van der Waals surface area contributed by atoms with Crippen LogP contribution < -0.4 is 5.32 Å². The van der Waals surface area contributed by atoms with E-state index < -0.39 is 0 Å². The Hall–Kier alpha value is -1.42. The summed E-state index contributed by atoms with van der Waals surface area (Å²) < 4.78 is 0. The van der Waals surface area contributed by atoms with E-state index in [1.54, 1.807) is 0 Å². The van der Waals surface area contributed by atoms with Crippen LogP contribution in [-0.4, -0.2) is 6.04 Å². The lowest BCUT2D eigenvalue weighted by molar-refractivity contribution is 1.03. The number of nitrogens with one attached hydrogen (secondary N) is 1. The first kappa shape index (κ1) is 8.67. The molecular formula is C11H12N. The van der Waals surface area contributed by atoms with E-state index in [-0.39, 0.29) is 6.04 Å². The normalized spacial score (nSPS) is 11.2. The van der Waals surface area contributed by atoms with Crippen LogP contribution in [0, 0.1) is 18.8 Å². The molecule has 0 saturated carbocycles. The molecule has 0 aromatic heterocycles. The van der Waals surface area contributed by atoms with Gasteiger partial charge in [0, 0.05) is 12.6 Å². The first-order valence-electron chi connectivity index (χ1n) is 3.92. The second-order valence-corrected chi connectivity index (χ2v) is 2.55. The van der Waals surface area contributed by atoms with Gasteiger partial charge in [-0.1, -0.05) is 24.1 Å². The van der Waals surface area contributed by atoms with Crippen molar-refractivity contribution in [2.24, 2.45) is 0 Å². The van der Waals surface area contributed by atoms with Crippen LogP contribution in [0.1, 0.15) is 6.92 Å². The van der Waals surface area contributed by atoms with Crippen molar-refractivity contribution in [1.29, 1.82) is 0 Å². The Balaban J connectivity index is 2.56. The fourth-order valence-electron chi connectivity index (χ4n) is 0.974. The Morgan fingerprint density at radius 2 is 2.00 bits per heavy atom. The molecular weight excluding hydrogens is 146 g/mol. The molecule has 0 aliphatic carbocycles. The highest BCUT2D eigenvalue weighted by atomic mass is 14.9. The van der Waals surface area contributed by atoms with Gasteiger partial charge in [0.15, 0.2) is 0 Å². The van der Waals surface area contributed by atoms with Crippen molar-refractivity contribution in [3.63, 3.8) is 0 Å². The van der Waals surface area contributed by atoms with Gasteiger partial charge < -0.3 is 5.32 Å². The highest BCUT2D eigenvalue weighted by molar-refractivity contribution is 5.44. The van der Waals surface area contributed by atoms with Gasteiger partial charge in [0.25, 0.3) is 0 Å². The Labute approximate surface area is 73.8 Å². The Morgan fingerprint density at radius 1 is 1.33 bits per heavy atom. The highest BCUT2D eigenvalue weighted by Gasteiger charge is 1.94. The molecule has 1 rings (SSSR count). The van der Waals surface area contributed by atoms with E-state index in [2.05, 4.69) is 24.1 Å². The van der Waals surface area contributed by atoms with Crippen molar-refractivity contribution >= 4 is 5.69 Å². The molecule has 0 saturated heterocycles. The maximum atomic E-state index is 3.47. The van der Waals surface area contributed by atoms with Crippen molar-refractivity contribution < 1.29 is 0 Å². The Kier molecular flexibility index (Phi) is 3.22. The Bertz CT molecular complexity index is 279. The number of para-hydroxylation sites is 1. The van der Waals surface area contributed by atoms with Crippen LogP contribution in [0.15, 0.2) is 30.3 Å². The average molecular weight is 158 g/mol. The van der Waals surface area contributed by atoms with Crippen LogP contribution in [0.4, 0.5) is 5.69 Å². The largest absolute Gasteiger partial charge is 0.372 e. The molecule has 0 aliphatic heterocycles. The minimum Gasteiger partial charge on any atom is -0.372 e. The monoisotopic (exact) mass is 158 g/mol. The van der Waals surface area contributed by atoms with Crippen LogP contribution in [-0.2, 0) is 0 Å². The molecule has 1 atom stereocenters. The molecule has 12 heavy (non-hydrogen) atoms. The quantitative estimate of drug-likeness (QED) is 0.651. The van der Waals surface area contributed by atoms with Gasteiger partial charge in [-0.25, -0.2) is 0 Å². The van der Waals surface area contributed by atoms with E-state index in [4.69, 9.17) is 0 Å². The van der Waals surface area contributed by atoms with Gasteiger partial charge >= 0.3 is 0 Å². The molecule has 0 bridgehead atoms. The first-order chi connectivity index (χ1) is 5.83. The lowest BCUT2D eigenvalue weighted by Gasteiger charge is -2.07. The van der Waals surface area contributed by atoms with Crippen LogP contribution in [0.5, 0.6) is 0 Å². The zero-order chi connectivity index (χ0) is 8.81. The molecule has 1 heteroatoms. The van der Waals surface area contributed by atoms with E-state index in [0.717, 1.165) is 5.69 Å². The molecule has 1 N–H and O–H groups in total. The van der Waals surface area contributed by atoms with Gasteiger partial charge in [0.2, 0.25) is 0 Å². The first-order valence-corrected chi connectivity index (χ1v) is 3.92. The van der Waals surface area contributed by atoms with Crippen LogP contribution >= 0.6 is 0 Å². The molecule has 0 heterocycles. The van der Waals surface area contributed by atoms with Crippen LogP contribution in [0.2, 0.25) is 0 Å².